The Balaban J connectivity index is 1.71. The first-order valence-corrected chi connectivity index (χ1v) is 9.84. The zero-order valence-electron chi connectivity index (χ0n) is 14.2. The van der Waals surface area contributed by atoms with Gasteiger partial charge in [-0.2, -0.15) is 0 Å². The fourth-order valence-corrected chi connectivity index (χ4v) is 4.79. The zero-order chi connectivity index (χ0) is 16.9. The van der Waals surface area contributed by atoms with Gasteiger partial charge in [0.2, 0.25) is 0 Å². The lowest BCUT2D eigenvalue weighted by molar-refractivity contribution is 0.0861. The average molecular weight is 346 g/mol. The van der Waals surface area contributed by atoms with E-state index in [0.717, 1.165) is 54.7 Å². The van der Waals surface area contributed by atoms with Crippen LogP contribution in [-0.4, -0.2) is 57.3 Å². The van der Waals surface area contributed by atoms with Gasteiger partial charge < -0.3 is 5.11 Å². The number of benzene rings is 2. The first-order chi connectivity index (χ1) is 11.7. The molecule has 0 spiro atoms. The second-order valence-electron chi connectivity index (χ2n) is 6.32. The van der Waals surface area contributed by atoms with E-state index in [1.54, 1.807) is 0 Å². The van der Waals surface area contributed by atoms with Crippen LogP contribution < -0.4 is 0 Å². The van der Waals surface area contributed by atoms with Gasteiger partial charge in [0, 0.05) is 32.2 Å². The third kappa shape index (κ3) is 3.70. The molecular weight excluding hydrogens is 320 g/mol. The zero-order valence-corrected chi connectivity index (χ0v) is 15.0. The van der Waals surface area contributed by atoms with Gasteiger partial charge in [-0.05, 0) is 23.3 Å². The maximum absolute atomic E-state index is 13.1. The second-order valence-corrected chi connectivity index (χ2v) is 7.77. The van der Waals surface area contributed by atoms with E-state index in [2.05, 4.69) is 28.3 Å². The molecule has 24 heavy (non-hydrogen) atoms. The van der Waals surface area contributed by atoms with E-state index < -0.39 is 11.0 Å². The van der Waals surface area contributed by atoms with Crippen LogP contribution in [0.2, 0.25) is 0 Å². The van der Waals surface area contributed by atoms with Gasteiger partial charge in [0.15, 0.2) is 0 Å². The molecule has 0 aliphatic carbocycles. The van der Waals surface area contributed by atoms with Crippen molar-refractivity contribution >= 4 is 21.8 Å². The Morgan fingerprint density at radius 3 is 2.50 bits per heavy atom. The minimum atomic E-state index is -1.13. The molecule has 130 valence electrons. The molecule has 3 rings (SSSR count). The Morgan fingerprint density at radius 1 is 1.08 bits per heavy atom. The molecule has 0 aromatic heterocycles. The lowest BCUT2D eigenvalue weighted by atomic mass is 10.1. The number of rotatable bonds is 6. The van der Waals surface area contributed by atoms with Crippen LogP contribution in [-0.2, 0) is 11.0 Å². The third-order valence-electron chi connectivity index (χ3n) is 4.79. The molecular formula is C19H26N2O2S. The summed E-state index contributed by atoms with van der Waals surface area (Å²) in [5, 5.41) is 11.8. The molecule has 4 nitrogen and oxygen atoms in total. The smallest absolute Gasteiger partial charge is 0.128 e. The molecule has 0 radical (unpaired) electrons. The van der Waals surface area contributed by atoms with Crippen LogP contribution in [0, 0.1) is 0 Å². The van der Waals surface area contributed by atoms with E-state index >= 15 is 0 Å². The summed E-state index contributed by atoms with van der Waals surface area (Å²) in [7, 11) is -1.13. The average Bonchev–Trinajstić information content (AvgIpc) is 2.65. The summed E-state index contributed by atoms with van der Waals surface area (Å²) in [6, 6.07) is 14.4. The van der Waals surface area contributed by atoms with Crippen LogP contribution in [0.5, 0.6) is 0 Å². The molecule has 5 heteroatoms. The summed E-state index contributed by atoms with van der Waals surface area (Å²) in [6.07, 6.45) is 2.09. The summed E-state index contributed by atoms with van der Waals surface area (Å²) in [4.78, 5) is 3.23. The largest absolute Gasteiger partial charge is 0.395 e. The molecule has 2 aromatic carbocycles. The fourth-order valence-electron chi connectivity index (χ4n) is 3.44. The van der Waals surface area contributed by atoms with Crippen molar-refractivity contribution in [1.82, 2.24) is 9.21 Å². The van der Waals surface area contributed by atoms with Crippen molar-refractivity contribution in [3.8, 4) is 0 Å². The Hall–Kier alpha value is -1.27. The number of nitrogens with zero attached hydrogens (tertiary/aromatic N) is 2. The van der Waals surface area contributed by atoms with E-state index in [9.17, 15) is 9.32 Å². The minimum Gasteiger partial charge on any atom is -0.395 e. The minimum absolute atomic E-state index is 0.209. The van der Waals surface area contributed by atoms with Gasteiger partial charge in [-0.3, -0.25) is 4.90 Å². The monoisotopic (exact) mass is 346 g/mol. The van der Waals surface area contributed by atoms with Crippen LogP contribution in [0.3, 0.4) is 0 Å². The molecule has 0 saturated carbocycles. The Kier molecular flexibility index (Phi) is 6.00. The predicted molar refractivity (Wildman–Crippen MR) is 99.3 cm³/mol. The summed E-state index contributed by atoms with van der Waals surface area (Å²) in [5.74, 6) is 0. The van der Waals surface area contributed by atoms with Gasteiger partial charge in [-0.1, -0.05) is 49.7 Å². The van der Waals surface area contributed by atoms with Gasteiger partial charge in [-0.25, -0.2) is 8.51 Å². The van der Waals surface area contributed by atoms with Crippen molar-refractivity contribution in [3.05, 3.63) is 42.5 Å². The molecule has 0 amide bonds. The molecule has 1 aliphatic rings. The summed E-state index contributed by atoms with van der Waals surface area (Å²) in [6.45, 7) is 5.63. The van der Waals surface area contributed by atoms with Crippen molar-refractivity contribution in [1.29, 1.82) is 0 Å². The number of hydrogen-bond acceptors (Lipinski definition) is 3. The van der Waals surface area contributed by atoms with Crippen LogP contribution in [0.4, 0.5) is 0 Å². The lowest BCUT2D eigenvalue weighted by Crippen LogP contribution is -2.51. The molecule has 0 bridgehead atoms. The Morgan fingerprint density at radius 2 is 1.79 bits per heavy atom. The Labute approximate surface area is 146 Å². The maximum atomic E-state index is 13.1. The van der Waals surface area contributed by atoms with Crippen molar-refractivity contribution in [2.24, 2.45) is 0 Å². The molecule has 1 fully saturated rings. The SMILES string of the molecule is CCC[C@H](CO)N1CCN(S(=O)c2cccc3ccccc23)CC1. The molecule has 1 saturated heterocycles. The van der Waals surface area contributed by atoms with Crippen LogP contribution in [0.1, 0.15) is 19.8 Å². The summed E-state index contributed by atoms with van der Waals surface area (Å²) < 4.78 is 15.1. The number of aliphatic hydroxyl groups is 1. The molecule has 1 heterocycles. The van der Waals surface area contributed by atoms with Crippen molar-refractivity contribution in [2.75, 3.05) is 32.8 Å². The van der Waals surface area contributed by atoms with Crippen molar-refractivity contribution in [2.45, 2.75) is 30.7 Å². The number of fused-ring (bicyclic) bond motifs is 1. The lowest BCUT2D eigenvalue weighted by Gasteiger charge is -2.38. The maximum Gasteiger partial charge on any atom is 0.128 e. The first kappa shape index (κ1) is 17.5. The third-order valence-corrected chi connectivity index (χ3v) is 6.36. The van der Waals surface area contributed by atoms with Crippen molar-refractivity contribution < 1.29 is 9.32 Å². The van der Waals surface area contributed by atoms with E-state index in [0.29, 0.717) is 0 Å². The van der Waals surface area contributed by atoms with Crippen LogP contribution in [0.15, 0.2) is 47.4 Å². The fraction of sp³-hybridized carbons (Fsp3) is 0.474. The van der Waals surface area contributed by atoms with Gasteiger partial charge in [0.1, 0.15) is 11.0 Å². The van der Waals surface area contributed by atoms with Gasteiger partial charge in [-0.15, -0.1) is 0 Å². The van der Waals surface area contributed by atoms with E-state index in [1.807, 2.05) is 30.3 Å². The number of aliphatic hydroxyl groups excluding tert-OH is 1. The normalized spacial score (nSPS) is 19.4. The molecule has 2 aromatic rings. The first-order valence-electron chi connectivity index (χ1n) is 8.74. The van der Waals surface area contributed by atoms with E-state index in [1.165, 1.54) is 0 Å². The topological polar surface area (TPSA) is 43.8 Å². The number of piperazine rings is 1. The van der Waals surface area contributed by atoms with Gasteiger partial charge in [0.05, 0.1) is 11.5 Å². The highest BCUT2D eigenvalue weighted by Crippen LogP contribution is 2.24. The molecule has 1 aliphatic heterocycles. The van der Waals surface area contributed by atoms with Crippen LogP contribution in [0.25, 0.3) is 10.8 Å². The van der Waals surface area contributed by atoms with E-state index in [4.69, 9.17) is 0 Å². The quantitative estimate of drug-likeness (QED) is 0.874. The summed E-state index contributed by atoms with van der Waals surface area (Å²) >= 11 is 0. The highest BCUT2D eigenvalue weighted by atomic mass is 32.2. The van der Waals surface area contributed by atoms with Crippen LogP contribution >= 0.6 is 0 Å². The second kappa shape index (κ2) is 8.21. The highest BCUT2D eigenvalue weighted by Gasteiger charge is 2.26. The molecule has 1 unspecified atom stereocenters. The number of hydrogen-bond donors (Lipinski definition) is 1. The van der Waals surface area contributed by atoms with Crippen molar-refractivity contribution in [3.63, 3.8) is 0 Å². The van der Waals surface area contributed by atoms with Gasteiger partial charge in [0.25, 0.3) is 0 Å². The summed E-state index contributed by atoms with van der Waals surface area (Å²) in [5.41, 5.74) is 0. The van der Waals surface area contributed by atoms with E-state index in [-0.39, 0.29) is 12.6 Å². The van der Waals surface area contributed by atoms with Gasteiger partial charge >= 0.3 is 0 Å². The highest BCUT2D eigenvalue weighted by molar-refractivity contribution is 7.83. The standard InChI is InChI=1S/C19H26N2O2S/c1-2-6-17(15-22)20-11-13-21(14-12-20)24(23)19-10-5-8-16-7-3-4-9-18(16)19/h3-5,7-10,17,22H,2,6,11-15H2,1H3/t17-,24?/m1/s1. The Bertz CT molecular complexity index is 693. The molecule has 1 N–H and O–H groups in total. The molecule has 2 atom stereocenters. The predicted octanol–water partition coefficient (Wildman–Crippen LogP) is 2.64.